The predicted molar refractivity (Wildman–Crippen MR) is 108 cm³/mol. The van der Waals surface area contributed by atoms with Crippen LogP contribution >= 0.6 is 0 Å². The van der Waals surface area contributed by atoms with Crippen molar-refractivity contribution in [2.24, 2.45) is 40.4 Å². The zero-order valence-electron chi connectivity index (χ0n) is 17.6. The van der Waals surface area contributed by atoms with Gasteiger partial charge in [-0.05, 0) is 79.4 Å². The Bertz CT molecular complexity index is 465. The van der Waals surface area contributed by atoms with Crippen LogP contribution < -0.4 is 0 Å². The van der Waals surface area contributed by atoms with Gasteiger partial charge in [0.25, 0.3) is 0 Å². The Morgan fingerprint density at radius 3 is 2.36 bits per heavy atom. The van der Waals surface area contributed by atoms with Crippen LogP contribution in [0.25, 0.3) is 0 Å². The largest absolute Gasteiger partial charge is 0.400 e. The average molecular weight is 353 g/mol. The van der Waals surface area contributed by atoms with Crippen molar-refractivity contribution in [3.63, 3.8) is 0 Å². The maximum absolute atomic E-state index is 12.2. The van der Waals surface area contributed by atoms with Gasteiger partial charge in [0.05, 0.1) is 0 Å². The second-order valence-corrected chi connectivity index (χ2v) is 9.52. The van der Waals surface area contributed by atoms with Crippen LogP contribution in [0.2, 0.25) is 0 Å². The molecule has 0 amide bonds. The quantitative estimate of drug-likeness (QED) is 0.570. The van der Waals surface area contributed by atoms with Crippen LogP contribution in [-0.4, -0.2) is 18.0 Å². The lowest BCUT2D eigenvalue weighted by Gasteiger charge is -2.60. The van der Waals surface area contributed by atoms with E-state index < -0.39 is 0 Å². The molecule has 148 valence electrons. The molecule has 0 aliphatic heterocycles. The summed E-state index contributed by atoms with van der Waals surface area (Å²) in [6.07, 6.45) is 12.2. The molecule has 0 spiro atoms. The van der Waals surface area contributed by atoms with Crippen LogP contribution in [-0.2, 0) is 4.79 Å². The first-order valence-corrected chi connectivity index (χ1v) is 10.9. The molecule has 4 saturated carbocycles. The number of hydrogen-bond donors (Lipinski definition) is 1. The van der Waals surface area contributed by atoms with Gasteiger partial charge in [-0.2, -0.15) is 0 Å². The minimum atomic E-state index is 0. The molecule has 0 bridgehead atoms. The summed E-state index contributed by atoms with van der Waals surface area (Å²) in [7, 11) is 1.00. The lowest BCUT2D eigenvalue weighted by atomic mass is 9.44. The highest BCUT2D eigenvalue weighted by atomic mass is 16.2. The smallest absolute Gasteiger partial charge is 0.136 e. The number of aliphatic hydroxyl groups is 1. The molecule has 0 aromatic rings. The Balaban J connectivity index is 0.000000635. The Morgan fingerprint density at radius 2 is 1.68 bits per heavy atom. The number of ketones is 1. The highest BCUT2D eigenvalue weighted by molar-refractivity contribution is 5.82. The first-order chi connectivity index (χ1) is 11.9. The lowest BCUT2D eigenvalue weighted by molar-refractivity contribution is -0.144. The molecule has 2 heteroatoms. The van der Waals surface area contributed by atoms with E-state index in [2.05, 4.69) is 20.8 Å². The van der Waals surface area contributed by atoms with Gasteiger partial charge in [-0.3, -0.25) is 4.79 Å². The van der Waals surface area contributed by atoms with Gasteiger partial charge in [0.1, 0.15) is 5.78 Å². The number of aliphatic hydroxyl groups excluding tert-OH is 1. The van der Waals surface area contributed by atoms with Gasteiger partial charge < -0.3 is 5.11 Å². The summed E-state index contributed by atoms with van der Waals surface area (Å²) < 4.78 is 0. The molecular formula is C23H44O2. The number of Topliss-reactive ketones (excluding diaryl/α,β-unsaturated/α-hetero) is 1. The van der Waals surface area contributed by atoms with Gasteiger partial charge in [0.15, 0.2) is 0 Å². The molecule has 0 aromatic carbocycles. The zero-order valence-corrected chi connectivity index (χ0v) is 17.6. The first kappa shape index (κ1) is 20.9. The van der Waals surface area contributed by atoms with Crippen LogP contribution in [0.3, 0.4) is 0 Å². The number of carbonyl (C=O) groups is 1. The van der Waals surface area contributed by atoms with Gasteiger partial charge in [-0.15, -0.1) is 0 Å². The topological polar surface area (TPSA) is 37.3 Å². The van der Waals surface area contributed by atoms with Crippen molar-refractivity contribution in [2.75, 3.05) is 7.11 Å². The van der Waals surface area contributed by atoms with E-state index in [1.54, 1.807) is 0 Å². The average Bonchev–Trinajstić information content (AvgIpc) is 3.02. The fourth-order valence-electron chi connectivity index (χ4n) is 7.40. The molecule has 2 unspecified atom stereocenters. The summed E-state index contributed by atoms with van der Waals surface area (Å²) in [6.45, 7) is 11.3. The molecule has 4 rings (SSSR count). The fourth-order valence-corrected chi connectivity index (χ4v) is 7.40. The Morgan fingerprint density at radius 1 is 1.00 bits per heavy atom. The van der Waals surface area contributed by atoms with Gasteiger partial charge >= 0.3 is 0 Å². The summed E-state index contributed by atoms with van der Waals surface area (Å²) in [6, 6.07) is 0. The lowest BCUT2D eigenvalue weighted by Crippen LogP contribution is -2.54. The van der Waals surface area contributed by atoms with Crippen molar-refractivity contribution in [2.45, 2.75) is 92.4 Å². The summed E-state index contributed by atoms with van der Waals surface area (Å²) in [5, 5.41) is 7.00. The van der Waals surface area contributed by atoms with Gasteiger partial charge in [-0.25, -0.2) is 0 Å². The van der Waals surface area contributed by atoms with E-state index in [-0.39, 0.29) is 1.43 Å². The molecule has 0 aromatic heterocycles. The molecule has 0 radical (unpaired) electrons. The third-order valence-corrected chi connectivity index (χ3v) is 8.59. The number of hydrogen-bond acceptors (Lipinski definition) is 2. The van der Waals surface area contributed by atoms with Gasteiger partial charge in [0, 0.05) is 20.9 Å². The fraction of sp³-hybridized carbons (Fsp3) is 0.957. The van der Waals surface area contributed by atoms with E-state index in [0.29, 0.717) is 28.4 Å². The molecule has 4 aliphatic rings. The van der Waals surface area contributed by atoms with E-state index in [1.807, 2.05) is 13.8 Å². The minimum Gasteiger partial charge on any atom is -0.400 e. The van der Waals surface area contributed by atoms with E-state index in [0.717, 1.165) is 31.3 Å². The first-order valence-electron chi connectivity index (χ1n) is 10.9. The molecule has 2 nitrogen and oxygen atoms in total. The summed E-state index contributed by atoms with van der Waals surface area (Å²) >= 11 is 0. The molecule has 1 N–H and O–H groups in total. The number of fused-ring (bicyclic) bond motifs is 5. The second-order valence-electron chi connectivity index (χ2n) is 9.52. The normalized spacial score (nSPS) is 48.0. The van der Waals surface area contributed by atoms with Crippen LogP contribution in [0.5, 0.6) is 0 Å². The molecular weight excluding hydrogens is 308 g/mol. The van der Waals surface area contributed by atoms with Crippen molar-refractivity contribution < 1.29 is 11.3 Å². The van der Waals surface area contributed by atoms with Crippen molar-refractivity contribution in [1.82, 2.24) is 0 Å². The number of rotatable bonds is 0. The molecule has 4 aliphatic carbocycles. The Hall–Kier alpha value is -0.370. The number of carbonyl (C=O) groups excluding carboxylic acids is 1. The molecule has 4 fully saturated rings. The van der Waals surface area contributed by atoms with E-state index in [9.17, 15) is 4.79 Å². The minimum absolute atomic E-state index is 0. The SMILES string of the molecule is CC.CO.C[C@@H]1C[C@]2(C)C3CC[C@]4(C)CCC[C@H]4C3CC[C@H]2CC1=O.[HH]. The predicted octanol–water partition coefficient (Wildman–Crippen LogP) is 6.12. The van der Waals surface area contributed by atoms with E-state index in [4.69, 9.17) is 5.11 Å². The molecule has 0 heterocycles. The van der Waals surface area contributed by atoms with Crippen molar-refractivity contribution in [3.05, 3.63) is 0 Å². The molecule has 7 atom stereocenters. The van der Waals surface area contributed by atoms with Crippen LogP contribution in [0, 0.1) is 40.4 Å². The van der Waals surface area contributed by atoms with Crippen molar-refractivity contribution >= 4 is 5.78 Å². The molecule has 0 saturated heterocycles. The summed E-state index contributed by atoms with van der Waals surface area (Å²) in [4.78, 5) is 12.2. The Kier molecular flexibility index (Phi) is 6.79. The monoisotopic (exact) mass is 352 g/mol. The van der Waals surface area contributed by atoms with Crippen molar-refractivity contribution in [3.8, 4) is 0 Å². The maximum Gasteiger partial charge on any atom is 0.136 e. The third-order valence-electron chi connectivity index (χ3n) is 8.59. The second kappa shape index (κ2) is 8.11. The highest BCUT2D eigenvalue weighted by Crippen LogP contribution is 2.66. The standard InChI is InChI=1S/C20H32O.C2H6.CH4O.H2/c1-13-12-20(3)14(11-18(13)21)6-7-15-16-5-4-9-19(16,2)10-8-17(15)20;2*1-2;/h13-17H,4-12H2,1-3H3;1-2H3;2H,1H3;1H/t13-,14+,15?,16+,17?,19+,20+;;;/m1.../s1. The van der Waals surface area contributed by atoms with Gasteiger partial charge in [-0.1, -0.05) is 41.0 Å². The maximum atomic E-state index is 12.2. The highest BCUT2D eigenvalue weighted by Gasteiger charge is 2.58. The summed E-state index contributed by atoms with van der Waals surface area (Å²) in [5.74, 6) is 4.48. The van der Waals surface area contributed by atoms with Crippen LogP contribution in [0.4, 0.5) is 0 Å². The van der Waals surface area contributed by atoms with E-state index in [1.165, 1.54) is 51.4 Å². The van der Waals surface area contributed by atoms with Crippen LogP contribution in [0.15, 0.2) is 0 Å². The summed E-state index contributed by atoms with van der Waals surface area (Å²) in [5.41, 5.74) is 1.14. The van der Waals surface area contributed by atoms with E-state index >= 15 is 0 Å². The molecule has 25 heavy (non-hydrogen) atoms. The van der Waals surface area contributed by atoms with Crippen LogP contribution in [0.1, 0.15) is 93.8 Å². The van der Waals surface area contributed by atoms with Crippen molar-refractivity contribution in [1.29, 1.82) is 0 Å². The zero-order chi connectivity index (χ0) is 18.8. The third kappa shape index (κ3) is 3.45. The Labute approximate surface area is 157 Å². The van der Waals surface area contributed by atoms with Gasteiger partial charge in [0.2, 0.25) is 0 Å².